The molecule has 0 radical (unpaired) electrons. The van der Waals surface area contributed by atoms with Crippen LogP contribution in [0.15, 0.2) is 30.3 Å². The molecule has 1 aromatic rings. The van der Waals surface area contributed by atoms with Crippen LogP contribution in [0.1, 0.15) is 25.8 Å². The van der Waals surface area contributed by atoms with Gasteiger partial charge in [-0.25, -0.2) is 0 Å². The topological polar surface area (TPSA) is 122 Å². The number of carbonyl (C=O) groups is 3. The molecule has 0 aromatic heterocycles. The highest BCUT2D eigenvalue weighted by Gasteiger charge is 2.33. The quantitative estimate of drug-likeness (QED) is 0.330. The molecule has 0 saturated carbocycles. The minimum atomic E-state index is -3.94. The summed E-state index contributed by atoms with van der Waals surface area (Å²) in [6, 6.07) is 6.63. The number of nitrogens with zero attached hydrogens (tertiary/aromatic N) is 1. The van der Waals surface area contributed by atoms with E-state index in [0.29, 0.717) is 0 Å². The second-order valence-electron chi connectivity index (χ2n) is 7.99. The summed E-state index contributed by atoms with van der Waals surface area (Å²) >= 11 is 5.54. The molecule has 1 aliphatic heterocycles. The molecule has 1 fully saturated rings. The number of halogens is 1. The first-order valence-electron chi connectivity index (χ1n) is 10.5. The zero-order valence-corrected chi connectivity index (χ0v) is 19.8. The van der Waals surface area contributed by atoms with Gasteiger partial charge in [0, 0.05) is 19.5 Å². The highest BCUT2D eigenvalue weighted by Crippen LogP contribution is 2.12. The van der Waals surface area contributed by atoms with E-state index in [1.807, 2.05) is 19.9 Å². The smallest absolute Gasteiger partial charge is 0.280 e. The number of morpholine rings is 1. The molecule has 2 N–H and O–H groups in total. The van der Waals surface area contributed by atoms with E-state index in [1.165, 1.54) is 4.31 Å². The van der Waals surface area contributed by atoms with Gasteiger partial charge in [-0.2, -0.15) is 17.4 Å². The van der Waals surface area contributed by atoms with Crippen LogP contribution < -0.4 is 10.0 Å². The van der Waals surface area contributed by atoms with Crippen LogP contribution in [0.5, 0.6) is 0 Å². The molecule has 32 heavy (non-hydrogen) atoms. The summed E-state index contributed by atoms with van der Waals surface area (Å²) in [4.78, 5) is 37.6. The van der Waals surface area contributed by atoms with Crippen molar-refractivity contribution in [2.24, 2.45) is 5.92 Å². The van der Waals surface area contributed by atoms with E-state index in [9.17, 15) is 22.8 Å². The van der Waals surface area contributed by atoms with E-state index in [1.54, 1.807) is 24.3 Å². The van der Waals surface area contributed by atoms with Crippen LogP contribution in [-0.2, 0) is 35.8 Å². The van der Waals surface area contributed by atoms with Crippen molar-refractivity contribution < 1.29 is 27.5 Å². The summed E-state index contributed by atoms with van der Waals surface area (Å²) in [5, 5.41) is 2.57. The van der Waals surface area contributed by atoms with Gasteiger partial charge in [-0.05, 0) is 17.9 Å². The molecule has 11 heteroatoms. The Hall–Kier alpha value is -1.85. The van der Waals surface area contributed by atoms with Gasteiger partial charge in [-0.1, -0.05) is 44.2 Å². The third-order valence-corrected chi connectivity index (χ3v) is 6.81. The summed E-state index contributed by atoms with van der Waals surface area (Å²) in [6.07, 6.45) is 0.295. The average Bonchev–Trinajstić information content (AvgIpc) is 2.78. The summed E-state index contributed by atoms with van der Waals surface area (Å²) in [5.41, 5.74) is 0.739. The minimum Gasteiger partial charge on any atom is -0.379 e. The second kappa shape index (κ2) is 12.4. The molecule has 1 aliphatic rings. The first-order valence-corrected chi connectivity index (χ1v) is 12.4. The van der Waals surface area contributed by atoms with E-state index in [4.69, 9.17) is 16.3 Å². The van der Waals surface area contributed by atoms with Crippen molar-refractivity contribution in [2.75, 3.05) is 32.2 Å². The molecular weight excluding hydrogens is 458 g/mol. The maximum atomic E-state index is 13.1. The number of amides is 1. The zero-order chi connectivity index (χ0) is 23.7. The van der Waals surface area contributed by atoms with Crippen molar-refractivity contribution in [3.63, 3.8) is 0 Å². The summed E-state index contributed by atoms with van der Waals surface area (Å²) in [7, 11) is -3.94. The Kier molecular flexibility index (Phi) is 10.2. The minimum absolute atomic E-state index is 0.00844. The van der Waals surface area contributed by atoms with Crippen LogP contribution in [0.2, 0.25) is 0 Å². The van der Waals surface area contributed by atoms with Crippen LogP contribution in [-0.4, -0.2) is 74.5 Å². The highest BCUT2D eigenvalue weighted by atomic mass is 35.5. The van der Waals surface area contributed by atoms with Crippen LogP contribution in [0.3, 0.4) is 0 Å². The maximum Gasteiger partial charge on any atom is 0.280 e. The molecule has 0 aliphatic carbocycles. The number of benzene rings is 1. The van der Waals surface area contributed by atoms with Gasteiger partial charge in [0.25, 0.3) is 10.2 Å². The predicted octanol–water partition coefficient (Wildman–Crippen LogP) is 0.672. The lowest BCUT2D eigenvalue weighted by atomic mass is 9.98. The molecule has 0 unspecified atom stereocenters. The molecule has 0 bridgehead atoms. The number of ether oxygens (including phenoxy) is 1. The van der Waals surface area contributed by atoms with Gasteiger partial charge in [0.1, 0.15) is 6.04 Å². The van der Waals surface area contributed by atoms with Crippen LogP contribution in [0, 0.1) is 5.92 Å². The molecule has 0 spiro atoms. The van der Waals surface area contributed by atoms with Gasteiger partial charge in [-0.3, -0.25) is 14.4 Å². The number of nitrogens with one attached hydrogen (secondary N) is 2. The van der Waals surface area contributed by atoms with Gasteiger partial charge < -0.3 is 10.1 Å². The number of hydrogen-bond donors (Lipinski definition) is 2. The standard InChI is InChI=1S/C21H30ClN3O6S/c1-15(2)12-18(24-32(29,30)25-8-10-31-11-9-25)21(28)23-17(20(27)19(26)14-22)13-16-6-4-3-5-7-16/h3-7,15,17-18,24H,8-14H2,1-2H3,(H,23,28)/t17-,18-/m0/s1. The lowest BCUT2D eigenvalue weighted by Crippen LogP contribution is -2.56. The van der Waals surface area contributed by atoms with Gasteiger partial charge in [-0.15, -0.1) is 11.6 Å². The van der Waals surface area contributed by atoms with E-state index in [-0.39, 0.29) is 45.1 Å². The second-order valence-corrected chi connectivity index (χ2v) is 9.96. The number of rotatable bonds is 12. The molecule has 1 heterocycles. The number of alkyl halides is 1. The SMILES string of the molecule is CC(C)C[C@H](NS(=O)(=O)N1CCOCC1)C(=O)N[C@@H](Cc1ccccc1)C(=O)C(=O)CCl. The van der Waals surface area contributed by atoms with Crippen molar-refractivity contribution in [1.82, 2.24) is 14.3 Å². The normalized spacial score (nSPS) is 17.0. The van der Waals surface area contributed by atoms with Gasteiger partial charge >= 0.3 is 0 Å². The van der Waals surface area contributed by atoms with Crippen molar-refractivity contribution in [2.45, 2.75) is 38.8 Å². The number of carbonyl (C=O) groups excluding carboxylic acids is 3. The van der Waals surface area contributed by atoms with Gasteiger partial charge in [0.15, 0.2) is 0 Å². The third kappa shape index (κ3) is 7.93. The van der Waals surface area contributed by atoms with Gasteiger partial charge in [0.2, 0.25) is 17.5 Å². The maximum absolute atomic E-state index is 13.1. The first kappa shape index (κ1) is 26.4. The van der Waals surface area contributed by atoms with Crippen molar-refractivity contribution in [3.05, 3.63) is 35.9 Å². The Labute approximate surface area is 194 Å². The first-order chi connectivity index (χ1) is 15.1. The van der Waals surface area contributed by atoms with Crippen molar-refractivity contribution >= 4 is 39.3 Å². The molecule has 2 atom stereocenters. The van der Waals surface area contributed by atoms with Crippen LogP contribution in [0.25, 0.3) is 0 Å². The van der Waals surface area contributed by atoms with E-state index in [0.717, 1.165) is 5.56 Å². The summed E-state index contributed by atoms with van der Waals surface area (Å²) in [5.74, 6) is -2.82. The van der Waals surface area contributed by atoms with Gasteiger partial charge in [0.05, 0.1) is 25.1 Å². The average molecular weight is 488 g/mol. The lowest BCUT2D eigenvalue weighted by molar-refractivity contribution is -0.137. The molecule has 1 aromatic carbocycles. The number of ketones is 2. The molecule has 178 valence electrons. The molecule has 1 saturated heterocycles. The molecule has 9 nitrogen and oxygen atoms in total. The molecule has 2 rings (SSSR count). The van der Waals surface area contributed by atoms with Crippen LogP contribution in [0.4, 0.5) is 0 Å². The Morgan fingerprint density at radius 1 is 1.09 bits per heavy atom. The third-order valence-electron chi connectivity index (χ3n) is 4.94. The largest absolute Gasteiger partial charge is 0.379 e. The monoisotopic (exact) mass is 487 g/mol. The molecular formula is C21H30ClN3O6S. The number of hydrogen-bond acceptors (Lipinski definition) is 6. The Balaban J connectivity index is 2.20. The molecule has 1 amide bonds. The van der Waals surface area contributed by atoms with Crippen molar-refractivity contribution in [3.8, 4) is 0 Å². The Morgan fingerprint density at radius 3 is 2.28 bits per heavy atom. The summed E-state index contributed by atoms with van der Waals surface area (Å²) in [6.45, 7) is 4.63. The lowest BCUT2D eigenvalue weighted by Gasteiger charge is -2.29. The summed E-state index contributed by atoms with van der Waals surface area (Å²) < 4.78 is 34.4. The predicted molar refractivity (Wildman–Crippen MR) is 121 cm³/mol. The zero-order valence-electron chi connectivity index (χ0n) is 18.3. The fourth-order valence-corrected chi connectivity index (χ4v) is 4.79. The Morgan fingerprint density at radius 2 is 1.72 bits per heavy atom. The fraction of sp³-hybridized carbons (Fsp3) is 0.571. The van der Waals surface area contributed by atoms with E-state index >= 15 is 0 Å². The highest BCUT2D eigenvalue weighted by molar-refractivity contribution is 7.87. The van der Waals surface area contributed by atoms with Crippen molar-refractivity contribution in [1.29, 1.82) is 0 Å². The van der Waals surface area contributed by atoms with E-state index < -0.39 is 45.6 Å². The fourth-order valence-electron chi connectivity index (χ4n) is 3.31. The Bertz CT molecular complexity index is 888. The van der Waals surface area contributed by atoms with E-state index in [2.05, 4.69) is 10.0 Å². The van der Waals surface area contributed by atoms with Crippen LogP contribution >= 0.6 is 11.6 Å². The number of Topliss-reactive ketones (excluding diaryl/α,β-unsaturated/α-hetero) is 2.